The van der Waals surface area contributed by atoms with Gasteiger partial charge in [-0.25, -0.2) is 9.78 Å². The molecule has 0 bridgehead atoms. The highest BCUT2D eigenvalue weighted by atomic mass is 32.2. The van der Waals surface area contributed by atoms with E-state index in [9.17, 15) is 14.7 Å². The second kappa shape index (κ2) is 5.47. The van der Waals surface area contributed by atoms with Crippen LogP contribution in [0.25, 0.3) is 0 Å². The van der Waals surface area contributed by atoms with E-state index < -0.39 is 12.0 Å². The molecule has 20 heavy (non-hydrogen) atoms. The van der Waals surface area contributed by atoms with Crippen molar-refractivity contribution in [2.24, 2.45) is 0 Å². The number of hydrogen-bond acceptors (Lipinski definition) is 4. The minimum atomic E-state index is -0.951. The van der Waals surface area contributed by atoms with Gasteiger partial charge in [0.1, 0.15) is 6.04 Å². The van der Waals surface area contributed by atoms with E-state index in [0.717, 1.165) is 36.4 Å². The zero-order valence-electron chi connectivity index (χ0n) is 11.0. The minimum Gasteiger partial charge on any atom is -0.480 e. The third kappa shape index (κ3) is 2.42. The van der Waals surface area contributed by atoms with Crippen LogP contribution >= 0.6 is 11.8 Å². The van der Waals surface area contributed by atoms with Crippen molar-refractivity contribution >= 4 is 23.6 Å². The number of carbonyl (C=O) groups is 2. The highest BCUT2D eigenvalue weighted by Gasteiger charge is 2.38. The quantitative estimate of drug-likeness (QED) is 0.851. The molecule has 7 heteroatoms. The van der Waals surface area contributed by atoms with Crippen molar-refractivity contribution < 1.29 is 14.7 Å². The number of nitrogens with one attached hydrogen (secondary N) is 1. The molecule has 6 nitrogen and oxygen atoms in total. The van der Waals surface area contributed by atoms with Crippen LogP contribution in [0.2, 0.25) is 0 Å². The van der Waals surface area contributed by atoms with Crippen LogP contribution in [0.4, 0.5) is 0 Å². The van der Waals surface area contributed by atoms with Crippen LogP contribution in [0, 0.1) is 0 Å². The number of aromatic amines is 1. The number of rotatable bonds is 2. The zero-order valence-corrected chi connectivity index (χ0v) is 11.9. The fourth-order valence-corrected chi connectivity index (χ4v) is 4.08. The number of H-pyrrole nitrogens is 1. The van der Waals surface area contributed by atoms with E-state index in [1.807, 2.05) is 0 Å². The molecule has 1 saturated heterocycles. The van der Waals surface area contributed by atoms with Crippen LogP contribution < -0.4 is 0 Å². The predicted molar refractivity (Wildman–Crippen MR) is 74.4 cm³/mol. The van der Waals surface area contributed by atoms with Crippen molar-refractivity contribution in [1.82, 2.24) is 14.9 Å². The Morgan fingerprint density at radius 1 is 1.45 bits per heavy atom. The molecule has 2 unspecified atom stereocenters. The average molecular weight is 295 g/mol. The van der Waals surface area contributed by atoms with Crippen LogP contribution in [-0.4, -0.2) is 48.9 Å². The number of imidazole rings is 1. The van der Waals surface area contributed by atoms with E-state index in [1.54, 1.807) is 18.1 Å². The lowest BCUT2D eigenvalue weighted by atomic mass is 10.0. The van der Waals surface area contributed by atoms with Crippen LogP contribution in [0.15, 0.2) is 6.33 Å². The van der Waals surface area contributed by atoms with Crippen molar-refractivity contribution in [3.63, 3.8) is 0 Å². The normalized spacial score (nSPS) is 26.1. The minimum absolute atomic E-state index is 0.0395. The van der Waals surface area contributed by atoms with Crippen LogP contribution in [0.5, 0.6) is 0 Å². The number of nitrogens with zero attached hydrogens (tertiary/aromatic N) is 2. The number of carbonyl (C=O) groups excluding carboxylic acids is 1. The van der Waals surface area contributed by atoms with E-state index in [2.05, 4.69) is 9.97 Å². The lowest BCUT2D eigenvalue weighted by molar-refractivity contribution is -0.151. The molecule has 0 radical (unpaired) electrons. The van der Waals surface area contributed by atoms with Crippen LogP contribution in [0.1, 0.15) is 30.7 Å². The molecule has 3 heterocycles. The van der Waals surface area contributed by atoms with Gasteiger partial charge in [-0.1, -0.05) is 6.42 Å². The molecule has 0 spiro atoms. The Kier molecular flexibility index (Phi) is 3.69. The summed E-state index contributed by atoms with van der Waals surface area (Å²) in [5.74, 6) is -0.00717. The predicted octanol–water partition coefficient (Wildman–Crippen LogP) is 1.03. The summed E-state index contributed by atoms with van der Waals surface area (Å²) in [6.07, 6.45) is 4.89. The Bertz CT molecular complexity index is 525. The highest BCUT2D eigenvalue weighted by molar-refractivity contribution is 8.00. The molecule has 2 N–H and O–H groups in total. The summed E-state index contributed by atoms with van der Waals surface area (Å²) in [4.78, 5) is 32.7. The van der Waals surface area contributed by atoms with Gasteiger partial charge in [0.25, 0.3) is 0 Å². The third-order valence-electron chi connectivity index (χ3n) is 3.92. The molecular formula is C13H17N3O3S. The zero-order chi connectivity index (χ0) is 14.1. The van der Waals surface area contributed by atoms with Gasteiger partial charge in [-0.2, -0.15) is 0 Å². The first kappa shape index (κ1) is 13.5. The summed E-state index contributed by atoms with van der Waals surface area (Å²) in [5.41, 5.74) is 1.62. The van der Waals surface area contributed by atoms with E-state index in [4.69, 9.17) is 0 Å². The first-order valence-electron chi connectivity index (χ1n) is 6.83. The van der Waals surface area contributed by atoms with E-state index in [0.29, 0.717) is 6.54 Å². The van der Waals surface area contributed by atoms with Gasteiger partial charge in [0, 0.05) is 6.42 Å². The van der Waals surface area contributed by atoms with Crippen molar-refractivity contribution in [2.75, 3.05) is 5.75 Å². The van der Waals surface area contributed by atoms with Gasteiger partial charge in [-0.15, -0.1) is 11.8 Å². The fraction of sp³-hybridized carbons (Fsp3) is 0.615. The molecule has 0 aromatic carbocycles. The number of carboxylic acids is 1. The van der Waals surface area contributed by atoms with Gasteiger partial charge in [-0.05, 0) is 18.6 Å². The maximum Gasteiger partial charge on any atom is 0.326 e. The number of aliphatic carboxylic acids is 1. The average Bonchev–Trinajstić information content (AvgIpc) is 2.93. The highest BCUT2D eigenvalue weighted by Crippen LogP contribution is 2.30. The first-order valence-corrected chi connectivity index (χ1v) is 7.87. The lowest BCUT2D eigenvalue weighted by Crippen LogP contribution is -2.51. The van der Waals surface area contributed by atoms with E-state index in [-0.39, 0.29) is 17.6 Å². The summed E-state index contributed by atoms with van der Waals surface area (Å²) >= 11 is 1.65. The Hall–Kier alpha value is -1.50. The Labute approximate surface area is 120 Å². The third-order valence-corrected chi connectivity index (χ3v) is 5.29. The number of fused-ring (bicyclic) bond motifs is 1. The molecular weight excluding hydrogens is 278 g/mol. The van der Waals surface area contributed by atoms with Gasteiger partial charge in [-0.3, -0.25) is 4.79 Å². The molecule has 108 valence electrons. The van der Waals surface area contributed by atoms with E-state index in [1.165, 1.54) is 4.90 Å². The summed E-state index contributed by atoms with van der Waals surface area (Å²) in [7, 11) is 0. The van der Waals surface area contributed by atoms with Crippen LogP contribution in [0.3, 0.4) is 0 Å². The summed E-state index contributed by atoms with van der Waals surface area (Å²) < 4.78 is 0. The molecule has 2 aliphatic rings. The molecule has 0 saturated carbocycles. The van der Waals surface area contributed by atoms with Gasteiger partial charge >= 0.3 is 5.97 Å². The van der Waals surface area contributed by atoms with E-state index >= 15 is 0 Å². The van der Waals surface area contributed by atoms with Gasteiger partial charge in [0.15, 0.2) is 0 Å². The van der Waals surface area contributed by atoms with Crippen molar-refractivity contribution in [2.45, 2.75) is 43.5 Å². The second-order valence-electron chi connectivity index (χ2n) is 5.21. The maximum absolute atomic E-state index is 12.6. The molecule has 3 rings (SSSR count). The largest absolute Gasteiger partial charge is 0.480 e. The Balaban J connectivity index is 1.82. The molecule has 2 aliphatic heterocycles. The van der Waals surface area contributed by atoms with Gasteiger partial charge < -0.3 is 15.0 Å². The molecule has 0 aliphatic carbocycles. The Morgan fingerprint density at radius 3 is 3.00 bits per heavy atom. The number of carboxylic acid groups (broad SMARTS) is 1. The fourth-order valence-electron chi connectivity index (χ4n) is 2.81. The van der Waals surface area contributed by atoms with Crippen molar-refractivity contribution in [3.05, 3.63) is 17.7 Å². The van der Waals surface area contributed by atoms with Crippen molar-refractivity contribution in [1.29, 1.82) is 0 Å². The summed E-state index contributed by atoms with van der Waals surface area (Å²) in [6, 6.07) is -0.791. The lowest BCUT2D eigenvalue weighted by Gasteiger charge is -2.35. The topological polar surface area (TPSA) is 86.3 Å². The molecule has 1 fully saturated rings. The summed E-state index contributed by atoms with van der Waals surface area (Å²) in [5, 5.41) is 9.29. The molecule has 2 atom stereocenters. The number of hydrogen-bond donors (Lipinski definition) is 2. The number of amides is 1. The molecule has 1 aromatic rings. The molecule has 1 amide bonds. The van der Waals surface area contributed by atoms with Crippen LogP contribution in [-0.2, 0) is 22.6 Å². The smallest absolute Gasteiger partial charge is 0.326 e. The van der Waals surface area contributed by atoms with Gasteiger partial charge in [0.05, 0.1) is 29.5 Å². The number of thioether (sulfide) groups is 1. The molecule has 1 aromatic heterocycles. The maximum atomic E-state index is 12.6. The number of aromatic nitrogens is 2. The second-order valence-corrected chi connectivity index (χ2v) is 6.52. The first-order chi connectivity index (χ1) is 9.66. The Morgan fingerprint density at radius 2 is 2.30 bits per heavy atom. The monoisotopic (exact) mass is 295 g/mol. The van der Waals surface area contributed by atoms with Crippen molar-refractivity contribution in [3.8, 4) is 0 Å². The van der Waals surface area contributed by atoms with Gasteiger partial charge in [0.2, 0.25) is 5.91 Å². The standard InChI is InChI=1S/C13H17N3O3S/c17-12(11-3-1-2-4-20-11)16-6-9-8(14-7-15-9)5-10(16)13(18)19/h7,10-11H,1-6H2,(H,14,15)(H,18,19). The SMILES string of the molecule is O=C(O)C1Cc2nc[nH]c2CN1C(=O)C1CCCCS1. The summed E-state index contributed by atoms with van der Waals surface area (Å²) in [6.45, 7) is 0.322.